The summed E-state index contributed by atoms with van der Waals surface area (Å²) in [5, 5.41) is 7.18. The van der Waals surface area contributed by atoms with Gasteiger partial charge in [-0.3, -0.25) is 4.79 Å². The van der Waals surface area contributed by atoms with Crippen molar-refractivity contribution in [3.63, 3.8) is 0 Å². The molecule has 0 spiro atoms. The summed E-state index contributed by atoms with van der Waals surface area (Å²) in [6.07, 6.45) is 4.83. The van der Waals surface area contributed by atoms with E-state index in [0.717, 1.165) is 24.9 Å². The number of fused-ring (bicyclic) bond motifs is 1. The molecular formula is C20H29ClN4O2. The van der Waals surface area contributed by atoms with Crippen LogP contribution >= 0.6 is 12.4 Å². The molecule has 1 unspecified atom stereocenters. The molecule has 1 atom stereocenters. The second-order valence-electron chi connectivity index (χ2n) is 8.09. The zero-order valence-electron chi connectivity index (χ0n) is 16.2. The van der Waals surface area contributed by atoms with E-state index >= 15 is 0 Å². The molecule has 1 aromatic heterocycles. The third-order valence-electron chi connectivity index (χ3n) is 4.75. The number of aryl methyl sites for hydroxylation is 2. The monoisotopic (exact) mass is 392 g/mol. The van der Waals surface area contributed by atoms with Crippen LogP contribution in [0.2, 0.25) is 0 Å². The Morgan fingerprint density at radius 2 is 2.15 bits per heavy atom. The van der Waals surface area contributed by atoms with E-state index in [4.69, 9.17) is 10.3 Å². The summed E-state index contributed by atoms with van der Waals surface area (Å²) >= 11 is 0. The quantitative estimate of drug-likeness (QED) is 0.753. The van der Waals surface area contributed by atoms with Crippen LogP contribution in [0.3, 0.4) is 0 Å². The number of hydrogen-bond donors (Lipinski definition) is 2. The van der Waals surface area contributed by atoms with E-state index in [0.29, 0.717) is 31.0 Å². The van der Waals surface area contributed by atoms with Crippen molar-refractivity contribution >= 4 is 24.0 Å². The summed E-state index contributed by atoms with van der Waals surface area (Å²) < 4.78 is 5.28. The van der Waals surface area contributed by atoms with Gasteiger partial charge in [0.05, 0.1) is 6.04 Å². The predicted molar refractivity (Wildman–Crippen MR) is 108 cm³/mol. The van der Waals surface area contributed by atoms with Crippen LogP contribution in [0.5, 0.6) is 0 Å². The first kappa shape index (κ1) is 21.2. The lowest BCUT2D eigenvalue weighted by atomic mass is 9.87. The van der Waals surface area contributed by atoms with Crippen molar-refractivity contribution < 1.29 is 9.32 Å². The second-order valence-corrected chi connectivity index (χ2v) is 8.09. The van der Waals surface area contributed by atoms with Gasteiger partial charge >= 0.3 is 0 Å². The number of nitrogens with two attached hydrogens (primary N) is 1. The maximum absolute atomic E-state index is 12.3. The highest BCUT2D eigenvalue weighted by Gasteiger charge is 2.23. The highest BCUT2D eigenvalue weighted by Crippen LogP contribution is 2.31. The molecule has 0 saturated carbocycles. The van der Waals surface area contributed by atoms with E-state index in [-0.39, 0.29) is 29.8 Å². The van der Waals surface area contributed by atoms with Crippen LogP contribution < -0.4 is 11.1 Å². The van der Waals surface area contributed by atoms with Crippen molar-refractivity contribution in [2.75, 3.05) is 5.73 Å². The van der Waals surface area contributed by atoms with E-state index < -0.39 is 0 Å². The summed E-state index contributed by atoms with van der Waals surface area (Å²) in [5.74, 6) is 1.37. The minimum Gasteiger partial charge on any atom is -0.399 e. The molecule has 1 aliphatic rings. The van der Waals surface area contributed by atoms with E-state index in [9.17, 15) is 4.79 Å². The molecule has 1 aromatic carbocycles. The average molecular weight is 393 g/mol. The number of rotatable bonds is 5. The molecule has 1 aliphatic carbocycles. The zero-order valence-corrected chi connectivity index (χ0v) is 17.1. The lowest BCUT2D eigenvalue weighted by molar-refractivity contribution is -0.122. The maximum Gasteiger partial charge on any atom is 0.226 e. The topological polar surface area (TPSA) is 94.0 Å². The van der Waals surface area contributed by atoms with Gasteiger partial charge in [0.1, 0.15) is 0 Å². The first-order valence-electron chi connectivity index (χ1n) is 9.33. The zero-order chi connectivity index (χ0) is 18.7. The average Bonchev–Trinajstić information content (AvgIpc) is 3.04. The van der Waals surface area contributed by atoms with Gasteiger partial charge in [-0.25, -0.2) is 0 Å². The Bertz CT molecular complexity index is 783. The highest BCUT2D eigenvalue weighted by molar-refractivity contribution is 5.85. The lowest BCUT2D eigenvalue weighted by Crippen LogP contribution is -2.30. The van der Waals surface area contributed by atoms with Crippen LogP contribution in [-0.4, -0.2) is 16.0 Å². The molecule has 0 bridgehead atoms. The highest BCUT2D eigenvalue weighted by atomic mass is 35.5. The number of aromatic nitrogens is 2. The van der Waals surface area contributed by atoms with E-state index in [1.807, 2.05) is 39.0 Å². The van der Waals surface area contributed by atoms with Crippen molar-refractivity contribution in [3.8, 4) is 0 Å². The molecule has 148 valence electrons. The minimum absolute atomic E-state index is 0. The first-order chi connectivity index (χ1) is 12.3. The SMILES string of the molecule is CC(C)(C)c1noc(CCCC(=O)NC2CCCc3cc(N)ccc32)n1.Cl. The fourth-order valence-corrected chi connectivity index (χ4v) is 3.31. The molecule has 0 aliphatic heterocycles. The summed E-state index contributed by atoms with van der Waals surface area (Å²) in [6, 6.07) is 6.06. The Morgan fingerprint density at radius 3 is 2.85 bits per heavy atom. The summed E-state index contributed by atoms with van der Waals surface area (Å²) in [4.78, 5) is 16.8. The summed E-state index contributed by atoms with van der Waals surface area (Å²) in [6.45, 7) is 6.14. The number of hydrogen-bond acceptors (Lipinski definition) is 5. The smallest absolute Gasteiger partial charge is 0.226 e. The van der Waals surface area contributed by atoms with Crippen LogP contribution in [0.15, 0.2) is 22.7 Å². The van der Waals surface area contributed by atoms with Gasteiger partial charge in [-0.1, -0.05) is 32.0 Å². The molecule has 1 amide bonds. The number of anilines is 1. The number of carbonyl (C=O) groups is 1. The van der Waals surface area contributed by atoms with Gasteiger partial charge in [0.15, 0.2) is 5.82 Å². The van der Waals surface area contributed by atoms with Crippen LogP contribution in [0.4, 0.5) is 5.69 Å². The number of carbonyl (C=O) groups excluding carboxylic acids is 1. The van der Waals surface area contributed by atoms with Crippen LogP contribution in [0, 0.1) is 0 Å². The van der Waals surface area contributed by atoms with E-state index in [1.54, 1.807) is 0 Å². The van der Waals surface area contributed by atoms with Gasteiger partial charge < -0.3 is 15.6 Å². The van der Waals surface area contributed by atoms with Crippen molar-refractivity contribution in [3.05, 3.63) is 41.0 Å². The largest absolute Gasteiger partial charge is 0.399 e. The number of benzene rings is 1. The minimum atomic E-state index is -0.128. The fraction of sp³-hybridized carbons (Fsp3) is 0.550. The Labute approximate surface area is 166 Å². The molecule has 0 radical (unpaired) electrons. The number of amides is 1. The van der Waals surface area contributed by atoms with Crippen molar-refractivity contribution in [2.45, 2.75) is 70.8 Å². The van der Waals surface area contributed by atoms with Crippen LogP contribution in [0.25, 0.3) is 0 Å². The Kier molecular flexibility index (Phi) is 6.87. The first-order valence-corrected chi connectivity index (χ1v) is 9.33. The second kappa shape index (κ2) is 8.74. The van der Waals surface area contributed by atoms with Crippen LogP contribution in [-0.2, 0) is 23.1 Å². The summed E-state index contributed by atoms with van der Waals surface area (Å²) in [5.41, 5.74) is 8.98. The molecule has 0 saturated heterocycles. The number of nitrogens with zero attached hydrogens (tertiary/aromatic N) is 2. The Balaban J connectivity index is 0.00000261. The number of halogens is 1. The number of nitrogens with one attached hydrogen (secondary N) is 1. The van der Waals surface area contributed by atoms with Crippen molar-refractivity contribution in [1.82, 2.24) is 15.5 Å². The third kappa shape index (κ3) is 5.45. The molecule has 3 N–H and O–H groups in total. The third-order valence-corrected chi connectivity index (χ3v) is 4.75. The molecule has 7 heteroatoms. The van der Waals surface area contributed by atoms with Gasteiger partial charge in [-0.15, -0.1) is 12.4 Å². The van der Waals surface area contributed by atoms with Gasteiger partial charge in [0.2, 0.25) is 11.8 Å². The molecule has 27 heavy (non-hydrogen) atoms. The fourth-order valence-electron chi connectivity index (χ4n) is 3.31. The molecular weight excluding hydrogens is 364 g/mol. The lowest BCUT2D eigenvalue weighted by Gasteiger charge is -2.26. The molecule has 6 nitrogen and oxygen atoms in total. The van der Waals surface area contributed by atoms with Crippen molar-refractivity contribution in [1.29, 1.82) is 0 Å². The standard InChI is InChI=1S/C20H28N4O2.ClH/c1-20(2,3)19-23-18(26-24-19)9-5-8-17(25)22-16-7-4-6-13-12-14(21)10-11-15(13)16;/h10-12,16H,4-9,21H2,1-3H3,(H,22,25);1H. The summed E-state index contributed by atoms with van der Waals surface area (Å²) in [7, 11) is 0. The number of nitrogen functional groups attached to an aromatic ring is 1. The van der Waals surface area contributed by atoms with E-state index in [2.05, 4.69) is 15.5 Å². The molecule has 3 rings (SSSR count). The van der Waals surface area contributed by atoms with E-state index in [1.165, 1.54) is 11.1 Å². The Morgan fingerprint density at radius 1 is 1.37 bits per heavy atom. The van der Waals surface area contributed by atoms with Gasteiger partial charge in [0.25, 0.3) is 0 Å². The maximum atomic E-state index is 12.3. The predicted octanol–water partition coefficient (Wildman–Crippen LogP) is 3.89. The van der Waals surface area contributed by atoms with Crippen molar-refractivity contribution in [2.24, 2.45) is 0 Å². The van der Waals surface area contributed by atoms with Gasteiger partial charge in [-0.05, 0) is 48.9 Å². The van der Waals surface area contributed by atoms with Crippen LogP contribution in [0.1, 0.15) is 75.3 Å². The molecule has 0 fully saturated rings. The molecule has 1 heterocycles. The van der Waals surface area contributed by atoms with Gasteiger partial charge in [0, 0.05) is 23.9 Å². The Hall–Kier alpha value is -2.08. The molecule has 2 aromatic rings. The van der Waals surface area contributed by atoms with Gasteiger partial charge in [-0.2, -0.15) is 4.98 Å². The normalized spacial score (nSPS) is 16.3.